The third-order valence-electron chi connectivity index (χ3n) is 8.03. The van der Waals surface area contributed by atoms with E-state index in [4.69, 9.17) is 16.4 Å². The molecule has 6 rings (SSSR count). The number of imidazole rings is 2. The van der Waals surface area contributed by atoms with Gasteiger partial charge in [-0.25, -0.2) is 26.8 Å². The summed E-state index contributed by atoms with van der Waals surface area (Å²) in [6.45, 7) is 4.71. The van der Waals surface area contributed by atoms with E-state index in [1.165, 1.54) is 26.2 Å². The average molecular weight is 824 g/mol. The first-order valence-electron chi connectivity index (χ1n) is 15.6. The highest BCUT2D eigenvalue weighted by atomic mass is 32.2. The maximum absolute atomic E-state index is 13.6. The summed E-state index contributed by atoms with van der Waals surface area (Å²) in [6.07, 6.45) is -3.44. The maximum Gasteiger partial charge on any atom is 0.459 e. The van der Waals surface area contributed by atoms with Crippen LogP contribution in [0, 0.1) is 23.7 Å². The molecule has 0 spiro atoms. The molecule has 0 radical (unpaired) electrons. The molecule has 25 heteroatoms. The Morgan fingerprint density at radius 3 is 1.77 bits per heavy atom. The van der Waals surface area contributed by atoms with Crippen LogP contribution in [-0.4, -0.2) is 95.3 Å². The molecule has 0 aliphatic carbocycles. The maximum atomic E-state index is 13.6. The smallest absolute Gasteiger partial charge is 0.412 e. The van der Waals surface area contributed by atoms with E-state index in [1.807, 2.05) is 6.07 Å². The van der Waals surface area contributed by atoms with Crippen molar-refractivity contribution in [1.82, 2.24) is 49.5 Å². The molecule has 0 aliphatic heterocycles. The summed E-state index contributed by atoms with van der Waals surface area (Å²) in [5.74, 6) is -5.94. The molecule has 0 saturated heterocycles. The van der Waals surface area contributed by atoms with Gasteiger partial charge in [-0.2, -0.15) is 32.3 Å². The Morgan fingerprint density at radius 2 is 1.29 bits per heavy atom. The van der Waals surface area contributed by atoms with E-state index in [0.717, 1.165) is 16.8 Å². The fraction of sp³-hybridized carbons (Fsp3) is 0.290. The molecule has 6 heterocycles. The lowest BCUT2D eigenvalue weighted by molar-refractivity contribution is -0.291. The highest BCUT2D eigenvalue weighted by molar-refractivity contribution is 7.91. The van der Waals surface area contributed by atoms with Gasteiger partial charge in [-0.1, -0.05) is 13.8 Å². The van der Waals surface area contributed by atoms with E-state index in [-0.39, 0.29) is 66.3 Å². The van der Waals surface area contributed by atoms with Crippen LogP contribution in [0.3, 0.4) is 0 Å². The minimum Gasteiger partial charge on any atom is -0.412 e. The van der Waals surface area contributed by atoms with Crippen molar-refractivity contribution in [3.05, 3.63) is 59.2 Å². The first kappa shape index (κ1) is 42.6. The number of hydrogen-bond donors (Lipinski definition) is 2. The van der Waals surface area contributed by atoms with Gasteiger partial charge in [-0.15, -0.1) is 15.3 Å². The lowest BCUT2D eigenvalue weighted by Crippen LogP contribution is -2.34. The van der Waals surface area contributed by atoms with Crippen LogP contribution in [0.25, 0.3) is 45.4 Å². The van der Waals surface area contributed by atoms with E-state index in [2.05, 4.69) is 40.3 Å². The van der Waals surface area contributed by atoms with Crippen molar-refractivity contribution in [3.8, 4) is 29.1 Å². The predicted octanol–water partition coefficient (Wildman–Crippen LogP) is 2.73. The predicted molar refractivity (Wildman–Crippen MR) is 189 cm³/mol. The topological polar surface area (TPSA) is 286 Å². The molecule has 0 aliphatic rings. The van der Waals surface area contributed by atoms with Gasteiger partial charge in [-0.05, 0) is 31.2 Å². The van der Waals surface area contributed by atoms with Gasteiger partial charge in [0.25, 0.3) is 0 Å². The number of aryl methyl sites for hydroxylation is 3. The number of alkyl halides is 5. The zero-order chi connectivity index (χ0) is 40.8. The Kier molecular flexibility index (Phi) is 11.6. The Bertz CT molecular complexity index is 2780. The summed E-state index contributed by atoms with van der Waals surface area (Å²) in [5.41, 5.74) is 5.22. The number of pyridine rings is 2. The Morgan fingerprint density at radius 1 is 0.804 bits per heavy atom. The van der Waals surface area contributed by atoms with Crippen LogP contribution in [0.1, 0.15) is 36.4 Å². The molecule has 0 atom stereocenters. The van der Waals surface area contributed by atoms with Gasteiger partial charge in [0, 0.05) is 32.1 Å². The third-order valence-corrected chi connectivity index (χ3v) is 11.5. The van der Waals surface area contributed by atoms with Gasteiger partial charge < -0.3 is 20.3 Å². The highest BCUT2D eigenvalue weighted by Gasteiger charge is 2.60. The van der Waals surface area contributed by atoms with Crippen LogP contribution in [-0.2, 0) is 39.7 Å². The van der Waals surface area contributed by atoms with Crippen molar-refractivity contribution in [2.45, 2.75) is 42.7 Å². The number of nitriles is 1. The average Bonchev–Trinajstić information content (AvgIpc) is 3.65. The minimum absolute atomic E-state index is 0. The van der Waals surface area contributed by atoms with Crippen LogP contribution in [0.15, 0.2) is 46.5 Å². The monoisotopic (exact) mass is 823 g/mol. The van der Waals surface area contributed by atoms with Crippen molar-refractivity contribution >= 4 is 47.8 Å². The summed E-state index contributed by atoms with van der Waals surface area (Å²) >= 11 is 0. The Labute approximate surface area is 313 Å². The largest absolute Gasteiger partial charge is 0.459 e. The number of nitrogen functional groups attached to an aromatic ring is 1. The summed E-state index contributed by atoms with van der Waals surface area (Å²) in [6, 6.07) is 6.55. The van der Waals surface area contributed by atoms with E-state index < -0.39 is 43.3 Å². The molecule has 56 heavy (non-hydrogen) atoms. The van der Waals surface area contributed by atoms with E-state index in [1.54, 1.807) is 31.5 Å². The van der Waals surface area contributed by atoms with Crippen LogP contribution < -0.4 is 5.73 Å². The molecule has 0 amide bonds. The van der Waals surface area contributed by atoms with E-state index in [0.29, 0.717) is 28.7 Å². The fourth-order valence-electron chi connectivity index (χ4n) is 5.01. The molecular weight excluding hydrogens is 794 g/mol. The number of amidine groups is 1. The normalized spacial score (nSPS) is 12.2. The van der Waals surface area contributed by atoms with Gasteiger partial charge in [0.15, 0.2) is 42.6 Å². The number of nitrogens with one attached hydrogen (secondary N) is 1. The lowest BCUT2D eigenvalue weighted by Gasteiger charge is -2.17. The molecular formula is C31H30F5N13O5S2. The van der Waals surface area contributed by atoms with Crippen molar-refractivity contribution in [2.75, 3.05) is 11.5 Å². The number of hydrogen-bond acceptors (Lipinski definition) is 14. The molecule has 0 fully saturated rings. The van der Waals surface area contributed by atoms with Gasteiger partial charge >= 0.3 is 12.1 Å². The van der Waals surface area contributed by atoms with Crippen LogP contribution in [0.2, 0.25) is 0 Å². The van der Waals surface area contributed by atoms with Crippen molar-refractivity contribution in [1.29, 1.82) is 10.7 Å². The summed E-state index contributed by atoms with van der Waals surface area (Å²) in [5, 5.41) is 31.0. The molecule has 0 unspecified atom stereocenters. The summed E-state index contributed by atoms with van der Waals surface area (Å²) < 4.78 is 118. The fourth-order valence-corrected chi connectivity index (χ4v) is 7.12. The second kappa shape index (κ2) is 15.2. The number of aromatic nitrogens is 10. The van der Waals surface area contributed by atoms with Crippen LogP contribution in [0.5, 0.6) is 0 Å². The SMILES string of the molecule is CCS(=O)(=O)c1cc(C#N)cnc1-c1nc2cc(C)nnc2n1C.CCS(=O)(=O)c1cc(C(=N)N)cnc1-c1nc2cc(C(F)(F)C(F)(F)F)nnc2n1C.O. The summed E-state index contributed by atoms with van der Waals surface area (Å²) in [7, 11) is -4.43. The van der Waals surface area contributed by atoms with Crippen molar-refractivity contribution in [3.63, 3.8) is 0 Å². The van der Waals surface area contributed by atoms with E-state index in [9.17, 15) is 38.8 Å². The van der Waals surface area contributed by atoms with Gasteiger partial charge in [0.1, 0.15) is 40.0 Å². The third kappa shape index (κ3) is 7.70. The first-order valence-corrected chi connectivity index (χ1v) is 18.9. The first-order chi connectivity index (χ1) is 25.6. The van der Waals surface area contributed by atoms with E-state index >= 15 is 0 Å². The van der Waals surface area contributed by atoms with Crippen LogP contribution in [0.4, 0.5) is 22.0 Å². The molecule has 0 bridgehead atoms. The molecule has 6 aromatic heterocycles. The zero-order valence-electron chi connectivity index (χ0n) is 29.7. The number of nitrogens with two attached hydrogens (primary N) is 1. The molecule has 6 aromatic rings. The molecule has 0 aromatic carbocycles. The highest BCUT2D eigenvalue weighted by Crippen LogP contribution is 2.43. The number of halogens is 5. The number of sulfone groups is 2. The standard InChI is InChI=1S/C16H14F5N7O2S.C15H14N6O2S.H2O/c1-3-31(29,30)9-4-7(12(22)23)6-24-11(9)14-25-8-5-10(15(17,18)16(19,20)21)26-27-13(8)28(14)2;1-4-24(22,23)12-6-10(7-16)8-17-13(12)15-18-11-5-9(2)19-20-14(11)21(15)3;/h4-6H,3H2,1-2H3,(H3,22,23);5-6,8H,4H2,1-3H3;1H2. The minimum atomic E-state index is -5.89. The van der Waals surface area contributed by atoms with Crippen molar-refractivity contribution < 1.29 is 44.3 Å². The van der Waals surface area contributed by atoms with Crippen LogP contribution >= 0.6 is 0 Å². The number of nitrogens with zero attached hydrogens (tertiary/aromatic N) is 11. The zero-order valence-corrected chi connectivity index (χ0v) is 31.3. The number of fused-ring (bicyclic) bond motifs is 2. The second-order valence-corrected chi connectivity index (χ2v) is 16.2. The Balaban J connectivity index is 0.000000252. The molecule has 5 N–H and O–H groups in total. The van der Waals surface area contributed by atoms with Gasteiger partial charge in [0.05, 0.1) is 32.6 Å². The van der Waals surface area contributed by atoms with Gasteiger partial charge in [0.2, 0.25) is 0 Å². The molecule has 18 nitrogen and oxygen atoms in total. The Hall–Kier alpha value is -6.13. The number of rotatable bonds is 8. The quantitative estimate of drug-likeness (QED) is 0.127. The molecule has 0 saturated carbocycles. The molecule has 296 valence electrons. The lowest BCUT2D eigenvalue weighted by atomic mass is 10.2. The second-order valence-electron chi connectivity index (χ2n) is 11.7. The summed E-state index contributed by atoms with van der Waals surface area (Å²) in [4.78, 5) is 16.3. The van der Waals surface area contributed by atoms with Gasteiger partial charge in [-0.3, -0.25) is 15.4 Å². The van der Waals surface area contributed by atoms with Crippen molar-refractivity contribution in [2.24, 2.45) is 19.8 Å².